The Morgan fingerprint density at radius 2 is 1.85 bits per heavy atom. The van der Waals surface area contributed by atoms with Gasteiger partial charge in [-0.15, -0.1) is 0 Å². The Morgan fingerprint density at radius 3 is 2.56 bits per heavy atom. The maximum Gasteiger partial charge on any atom is 0.270 e. The fourth-order valence-corrected chi connectivity index (χ4v) is 4.60. The first-order valence-electron chi connectivity index (χ1n) is 10.7. The average molecular weight is 478 g/mol. The van der Waals surface area contributed by atoms with Crippen molar-refractivity contribution in [3.8, 4) is 0 Å². The molecule has 0 atom stereocenters. The number of rotatable bonds is 8. The SMILES string of the molecule is CCCn1c(N=Cc2cc([N+](=O)[O-])ccc2NS(=O)(=O)c2ccc(C)cc2)nc2ccccc21. The minimum Gasteiger partial charge on any atom is -0.308 e. The molecule has 0 spiro atoms. The molecule has 0 amide bonds. The van der Waals surface area contributed by atoms with Gasteiger partial charge in [0.25, 0.3) is 15.7 Å². The molecule has 0 saturated carbocycles. The van der Waals surface area contributed by atoms with Crippen LogP contribution in [-0.2, 0) is 16.6 Å². The van der Waals surface area contributed by atoms with Crippen molar-refractivity contribution in [2.45, 2.75) is 31.7 Å². The first kappa shape index (κ1) is 23.1. The predicted molar refractivity (Wildman–Crippen MR) is 132 cm³/mol. The van der Waals surface area contributed by atoms with Crippen LogP contribution in [0.15, 0.2) is 76.6 Å². The Hall–Kier alpha value is -4.05. The molecule has 1 heterocycles. The van der Waals surface area contributed by atoms with E-state index < -0.39 is 14.9 Å². The monoisotopic (exact) mass is 477 g/mol. The van der Waals surface area contributed by atoms with Gasteiger partial charge in [0.15, 0.2) is 0 Å². The summed E-state index contributed by atoms with van der Waals surface area (Å²) in [5.74, 6) is 0.432. The number of aryl methyl sites for hydroxylation is 2. The lowest BCUT2D eigenvalue weighted by Crippen LogP contribution is -2.14. The average Bonchev–Trinajstić information content (AvgIpc) is 3.16. The van der Waals surface area contributed by atoms with Crippen LogP contribution in [0.3, 0.4) is 0 Å². The number of hydrogen-bond acceptors (Lipinski definition) is 6. The molecule has 0 aliphatic heterocycles. The Bertz CT molecular complexity index is 1490. The molecule has 4 rings (SSSR count). The van der Waals surface area contributed by atoms with E-state index in [9.17, 15) is 18.5 Å². The molecule has 34 heavy (non-hydrogen) atoms. The number of nitro benzene ring substituents is 1. The third-order valence-electron chi connectivity index (χ3n) is 5.22. The number of aliphatic imine (C=N–C) groups is 1. The summed E-state index contributed by atoms with van der Waals surface area (Å²) in [6, 6.07) is 17.9. The second kappa shape index (κ2) is 9.44. The van der Waals surface area contributed by atoms with E-state index in [2.05, 4.69) is 14.7 Å². The van der Waals surface area contributed by atoms with Crippen LogP contribution in [0.2, 0.25) is 0 Å². The number of anilines is 1. The third-order valence-corrected chi connectivity index (χ3v) is 6.60. The lowest BCUT2D eigenvalue weighted by molar-refractivity contribution is -0.384. The minimum absolute atomic E-state index is 0.0871. The number of hydrogen-bond donors (Lipinski definition) is 1. The van der Waals surface area contributed by atoms with Crippen molar-refractivity contribution in [3.05, 3.63) is 88.0 Å². The van der Waals surface area contributed by atoms with E-state index in [4.69, 9.17) is 0 Å². The quantitative estimate of drug-likeness (QED) is 0.212. The number of nitro groups is 1. The zero-order valence-corrected chi connectivity index (χ0v) is 19.5. The molecule has 1 N–H and O–H groups in total. The van der Waals surface area contributed by atoms with Gasteiger partial charge < -0.3 is 4.57 Å². The molecule has 0 aliphatic rings. The maximum atomic E-state index is 12.9. The largest absolute Gasteiger partial charge is 0.308 e. The van der Waals surface area contributed by atoms with Crippen LogP contribution in [0.4, 0.5) is 17.3 Å². The summed E-state index contributed by atoms with van der Waals surface area (Å²) in [5, 5.41) is 11.3. The fourth-order valence-electron chi connectivity index (χ4n) is 3.52. The van der Waals surface area contributed by atoms with E-state index in [0.717, 1.165) is 23.0 Å². The molecular formula is C24H23N5O4S. The first-order chi connectivity index (χ1) is 16.3. The molecular weight excluding hydrogens is 454 g/mol. The zero-order chi connectivity index (χ0) is 24.3. The normalized spacial score (nSPS) is 11.8. The van der Waals surface area contributed by atoms with E-state index in [1.54, 1.807) is 12.1 Å². The van der Waals surface area contributed by atoms with Crippen molar-refractivity contribution >= 4 is 44.6 Å². The molecule has 0 fully saturated rings. The van der Waals surface area contributed by atoms with Gasteiger partial charge in [-0.1, -0.05) is 36.8 Å². The summed E-state index contributed by atoms with van der Waals surface area (Å²) in [7, 11) is -3.91. The standard InChI is InChI=1S/C24H23N5O4S/c1-3-14-28-23-7-5-4-6-22(23)26-24(28)25-16-18-15-19(29(30)31)10-13-21(18)27-34(32,33)20-11-8-17(2)9-12-20/h4-13,15-16,27H,3,14H2,1-2H3. The lowest BCUT2D eigenvalue weighted by atomic mass is 10.2. The van der Waals surface area contributed by atoms with E-state index >= 15 is 0 Å². The minimum atomic E-state index is -3.91. The molecule has 174 valence electrons. The number of sulfonamides is 1. The Morgan fingerprint density at radius 1 is 1.12 bits per heavy atom. The van der Waals surface area contributed by atoms with Gasteiger partial charge in [0, 0.05) is 30.5 Å². The summed E-state index contributed by atoms with van der Waals surface area (Å²) >= 11 is 0. The smallest absolute Gasteiger partial charge is 0.270 e. The van der Waals surface area contributed by atoms with Crippen molar-refractivity contribution in [1.82, 2.24) is 9.55 Å². The van der Waals surface area contributed by atoms with E-state index in [-0.39, 0.29) is 21.8 Å². The molecule has 10 heteroatoms. The van der Waals surface area contributed by atoms with Gasteiger partial charge >= 0.3 is 0 Å². The van der Waals surface area contributed by atoms with Gasteiger partial charge in [-0.05, 0) is 43.7 Å². The predicted octanol–water partition coefficient (Wildman–Crippen LogP) is 5.21. The Kier molecular flexibility index (Phi) is 6.42. The summed E-state index contributed by atoms with van der Waals surface area (Å²) < 4.78 is 30.3. The summed E-state index contributed by atoms with van der Waals surface area (Å²) in [5.41, 5.74) is 2.88. The van der Waals surface area contributed by atoms with Crippen molar-refractivity contribution in [2.75, 3.05) is 4.72 Å². The molecule has 0 saturated heterocycles. The molecule has 9 nitrogen and oxygen atoms in total. The molecule has 0 unspecified atom stereocenters. The highest BCUT2D eigenvalue weighted by Gasteiger charge is 2.18. The van der Waals surface area contributed by atoms with Gasteiger partial charge in [-0.25, -0.2) is 18.4 Å². The van der Waals surface area contributed by atoms with Gasteiger partial charge in [0.2, 0.25) is 5.95 Å². The zero-order valence-electron chi connectivity index (χ0n) is 18.7. The van der Waals surface area contributed by atoms with Crippen molar-refractivity contribution in [3.63, 3.8) is 0 Å². The van der Waals surface area contributed by atoms with Crippen molar-refractivity contribution in [1.29, 1.82) is 0 Å². The highest BCUT2D eigenvalue weighted by atomic mass is 32.2. The number of nitrogens with zero attached hydrogens (tertiary/aromatic N) is 4. The first-order valence-corrected chi connectivity index (χ1v) is 12.1. The van der Waals surface area contributed by atoms with Crippen LogP contribution in [-0.4, -0.2) is 29.1 Å². The van der Waals surface area contributed by atoms with Crippen LogP contribution in [0.5, 0.6) is 0 Å². The van der Waals surface area contributed by atoms with Crippen molar-refractivity contribution in [2.24, 2.45) is 4.99 Å². The molecule has 0 aliphatic carbocycles. The molecule has 4 aromatic rings. The number of nitrogens with one attached hydrogen (secondary N) is 1. The number of imidazole rings is 1. The molecule has 3 aromatic carbocycles. The van der Waals surface area contributed by atoms with E-state index in [0.29, 0.717) is 12.5 Å². The van der Waals surface area contributed by atoms with E-state index in [1.165, 1.54) is 36.5 Å². The van der Waals surface area contributed by atoms with Crippen LogP contribution in [0.1, 0.15) is 24.5 Å². The van der Waals surface area contributed by atoms with Crippen LogP contribution < -0.4 is 4.72 Å². The number of aromatic nitrogens is 2. The van der Waals surface area contributed by atoms with Crippen LogP contribution >= 0.6 is 0 Å². The second-order valence-corrected chi connectivity index (χ2v) is 9.44. The van der Waals surface area contributed by atoms with Gasteiger partial charge in [-0.3, -0.25) is 14.8 Å². The van der Waals surface area contributed by atoms with E-state index in [1.807, 2.05) is 42.7 Å². The second-order valence-electron chi connectivity index (χ2n) is 7.76. The maximum absolute atomic E-state index is 12.9. The van der Waals surface area contributed by atoms with Gasteiger partial charge in [0.1, 0.15) is 0 Å². The van der Waals surface area contributed by atoms with Crippen LogP contribution in [0.25, 0.3) is 11.0 Å². The summed E-state index contributed by atoms with van der Waals surface area (Å²) in [6.07, 6.45) is 2.26. The molecule has 0 bridgehead atoms. The Balaban J connectivity index is 1.75. The number of non-ortho nitro benzene ring substituents is 1. The highest BCUT2D eigenvalue weighted by Crippen LogP contribution is 2.26. The van der Waals surface area contributed by atoms with Crippen LogP contribution in [0, 0.1) is 17.0 Å². The topological polar surface area (TPSA) is 119 Å². The number of benzene rings is 3. The van der Waals surface area contributed by atoms with Gasteiger partial charge in [0.05, 0.1) is 26.5 Å². The third kappa shape index (κ3) is 4.81. The Labute approximate surface area is 197 Å². The molecule has 0 radical (unpaired) electrons. The van der Waals surface area contributed by atoms with Crippen molar-refractivity contribution < 1.29 is 13.3 Å². The molecule has 1 aromatic heterocycles. The number of para-hydroxylation sites is 2. The van der Waals surface area contributed by atoms with Gasteiger partial charge in [-0.2, -0.15) is 0 Å². The summed E-state index contributed by atoms with van der Waals surface area (Å²) in [6.45, 7) is 4.59. The fraction of sp³-hybridized carbons (Fsp3) is 0.167. The lowest BCUT2D eigenvalue weighted by Gasteiger charge is -2.11. The summed E-state index contributed by atoms with van der Waals surface area (Å²) in [4.78, 5) is 19.9. The number of fused-ring (bicyclic) bond motifs is 1. The highest BCUT2D eigenvalue weighted by molar-refractivity contribution is 7.92.